The van der Waals surface area contributed by atoms with Crippen LogP contribution in [0.5, 0.6) is 0 Å². The molecule has 8 rings (SSSR count). The second kappa shape index (κ2) is 9.95. The highest BCUT2D eigenvalue weighted by Gasteiger charge is 2.35. The summed E-state index contributed by atoms with van der Waals surface area (Å²) in [4.78, 5) is 0. The van der Waals surface area contributed by atoms with Crippen molar-refractivity contribution in [1.29, 1.82) is 0 Å². The lowest BCUT2D eigenvalue weighted by Gasteiger charge is -2.12. The summed E-state index contributed by atoms with van der Waals surface area (Å²) in [5.74, 6) is -39.5. The summed E-state index contributed by atoms with van der Waals surface area (Å²) in [5, 5.41) is -17.0. The quantitative estimate of drug-likeness (QED) is 0.0730. The number of fused-ring (bicyclic) bond motifs is 6. The molecule has 2 heterocycles. The topological polar surface area (TPSA) is 26.3 Å². The maximum absolute atomic E-state index is 15.7. The molecule has 0 saturated carbocycles. The molecule has 6 aromatic carbocycles. The van der Waals surface area contributed by atoms with Crippen molar-refractivity contribution in [2.24, 2.45) is 0 Å². The van der Waals surface area contributed by atoms with E-state index in [-0.39, 0.29) is 0 Å². The molecule has 254 valence electrons. The van der Waals surface area contributed by atoms with E-state index in [9.17, 15) is 35.1 Å². The SMILES string of the molecule is Fc1c(F)c(F)c2c(F)c3c(F)c4oc(-c5cc6c(F)c7c(F)c8c(F)c(F)c(F)c(F)c8c(F)c7c(F)c6o5)cc4c(F)c3c(F)c2c1F. The Kier molecular flexibility index (Phi) is 6.28. The molecule has 0 atom stereocenters. The van der Waals surface area contributed by atoms with Crippen LogP contribution in [0.15, 0.2) is 21.0 Å². The first-order valence-electron chi connectivity index (χ1n) is 13.2. The van der Waals surface area contributed by atoms with E-state index in [0.29, 0.717) is 12.1 Å². The molecule has 0 aliphatic heterocycles. The van der Waals surface area contributed by atoms with Crippen molar-refractivity contribution < 1.29 is 79.1 Å². The Balaban J connectivity index is 1.44. The minimum Gasteiger partial charge on any atom is -0.450 e. The summed E-state index contributed by atoms with van der Waals surface area (Å²) in [6, 6.07) is 0.881. The Morgan fingerprint density at radius 2 is 0.460 bits per heavy atom. The van der Waals surface area contributed by atoms with Crippen molar-refractivity contribution in [1.82, 2.24) is 0 Å². The molecular formula is C32H2F16O2. The number of rotatable bonds is 1. The highest BCUT2D eigenvalue weighted by atomic mass is 19.2. The molecule has 18 heteroatoms. The molecule has 8 aromatic rings. The Bertz CT molecular complexity index is 2550. The van der Waals surface area contributed by atoms with Crippen molar-refractivity contribution in [2.75, 3.05) is 0 Å². The standard InChI is InChI=1S/C32H2F16O2/c33-15-3-1-5(49-31(3)25(43)13-7(15)17(35)9-11(19(13)37)23(41)29(47)27(45)21(9)39)6-2-4-16(34)8-14(26(44)32(4)50-6)20(38)12-10(18(8)36)22(40)28(46)30(48)24(12)42/h1-2H. The van der Waals surface area contributed by atoms with Gasteiger partial charge in [-0.15, -0.1) is 0 Å². The van der Waals surface area contributed by atoms with Gasteiger partial charge < -0.3 is 8.83 Å². The average Bonchev–Trinajstić information content (AvgIpc) is 3.74. The highest BCUT2D eigenvalue weighted by molar-refractivity contribution is 6.08. The van der Waals surface area contributed by atoms with Gasteiger partial charge in [-0.3, -0.25) is 0 Å². The van der Waals surface area contributed by atoms with Gasteiger partial charge in [-0.2, -0.15) is 0 Å². The van der Waals surface area contributed by atoms with E-state index in [1.54, 1.807) is 0 Å². The van der Waals surface area contributed by atoms with Crippen LogP contribution in [0, 0.1) is 93.1 Å². The van der Waals surface area contributed by atoms with Gasteiger partial charge in [0.25, 0.3) is 0 Å². The van der Waals surface area contributed by atoms with Crippen molar-refractivity contribution in [3.63, 3.8) is 0 Å². The van der Waals surface area contributed by atoms with Gasteiger partial charge in [0, 0.05) is 0 Å². The lowest BCUT2D eigenvalue weighted by molar-refractivity contribution is 0.415. The lowest BCUT2D eigenvalue weighted by Crippen LogP contribution is -2.05. The maximum atomic E-state index is 15.7. The Hall–Kier alpha value is -5.68. The Morgan fingerprint density at radius 3 is 0.720 bits per heavy atom. The first kappa shape index (κ1) is 31.6. The van der Waals surface area contributed by atoms with Gasteiger partial charge in [-0.1, -0.05) is 0 Å². The van der Waals surface area contributed by atoms with Crippen molar-refractivity contribution in [3.05, 3.63) is 105 Å². The van der Waals surface area contributed by atoms with Crippen LogP contribution < -0.4 is 0 Å². The van der Waals surface area contributed by atoms with E-state index in [1.165, 1.54) is 0 Å². The maximum Gasteiger partial charge on any atom is 0.198 e. The van der Waals surface area contributed by atoms with E-state index < -0.39 is 170 Å². The second-order valence-electron chi connectivity index (χ2n) is 10.7. The van der Waals surface area contributed by atoms with E-state index in [0.717, 1.165) is 0 Å². The van der Waals surface area contributed by atoms with Crippen LogP contribution in [-0.2, 0) is 0 Å². The van der Waals surface area contributed by atoms with E-state index in [2.05, 4.69) is 0 Å². The molecule has 0 unspecified atom stereocenters. The predicted molar refractivity (Wildman–Crippen MR) is 141 cm³/mol. The van der Waals surface area contributed by atoms with Crippen molar-refractivity contribution in [3.8, 4) is 11.5 Å². The highest BCUT2D eigenvalue weighted by Crippen LogP contribution is 2.46. The molecule has 2 nitrogen and oxygen atoms in total. The third-order valence-electron chi connectivity index (χ3n) is 8.25. The summed E-state index contributed by atoms with van der Waals surface area (Å²) in [6.07, 6.45) is 0. The van der Waals surface area contributed by atoms with Gasteiger partial charge in [0.15, 0.2) is 80.9 Å². The molecule has 50 heavy (non-hydrogen) atoms. The third-order valence-corrected chi connectivity index (χ3v) is 8.25. The molecule has 0 amide bonds. The zero-order valence-corrected chi connectivity index (χ0v) is 23.0. The molecule has 0 N–H and O–H groups in total. The zero-order chi connectivity index (χ0) is 36.1. The lowest BCUT2D eigenvalue weighted by atomic mass is 9.98. The van der Waals surface area contributed by atoms with Gasteiger partial charge in [-0.05, 0) is 12.1 Å². The molecule has 0 saturated heterocycles. The Morgan fingerprint density at radius 1 is 0.240 bits per heavy atom. The van der Waals surface area contributed by atoms with Crippen LogP contribution in [0.1, 0.15) is 0 Å². The molecule has 0 aliphatic rings. The average molecular weight is 722 g/mol. The molecule has 2 aromatic heterocycles. The first-order chi connectivity index (χ1) is 23.5. The summed E-state index contributed by atoms with van der Waals surface area (Å²) < 4.78 is 247. The fraction of sp³-hybridized carbons (Fsp3) is 0. The van der Waals surface area contributed by atoms with Crippen LogP contribution in [0.25, 0.3) is 76.5 Å². The Labute approximate surface area is 261 Å². The van der Waals surface area contributed by atoms with Crippen LogP contribution in [0.4, 0.5) is 70.2 Å². The number of hydrogen-bond acceptors (Lipinski definition) is 2. The smallest absolute Gasteiger partial charge is 0.198 e. The normalized spacial score (nSPS) is 12.4. The molecular weight excluding hydrogens is 720 g/mol. The fourth-order valence-corrected chi connectivity index (χ4v) is 6.02. The summed E-state index contributed by atoms with van der Waals surface area (Å²) >= 11 is 0. The minimum atomic E-state index is -2.62. The van der Waals surface area contributed by atoms with Gasteiger partial charge >= 0.3 is 0 Å². The first-order valence-corrected chi connectivity index (χ1v) is 13.2. The summed E-state index contributed by atoms with van der Waals surface area (Å²) in [6.45, 7) is 0. The second-order valence-corrected chi connectivity index (χ2v) is 10.7. The number of halogens is 16. The summed E-state index contributed by atoms with van der Waals surface area (Å²) in [5.41, 5.74) is -2.67. The van der Waals surface area contributed by atoms with Crippen molar-refractivity contribution >= 4 is 65.0 Å². The van der Waals surface area contributed by atoms with Gasteiger partial charge in [0.2, 0.25) is 0 Å². The number of furan rings is 2. The largest absolute Gasteiger partial charge is 0.450 e. The predicted octanol–water partition coefficient (Wildman–Crippen LogP) is 11.7. The van der Waals surface area contributed by atoms with Crippen LogP contribution >= 0.6 is 0 Å². The molecule has 0 spiro atoms. The van der Waals surface area contributed by atoms with E-state index in [4.69, 9.17) is 8.83 Å². The van der Waals surface area contributed by atoms with Gasteiger partial charge in [-0.25, -0.2) is 70.2 Å². The van der Waals surface area contributed by atoms with Crippen LogP contribution in [0.2, 0.25) is 0 Å². The van der Waals surface area contributed by atoms with Crippen molar-refractivity contribution in [2.45, 2.75) is 0 Å². The number of hydrogen-bond donors (Lipinski definition) is 0. The molecule has 0 fully saturated rings. The summed E-state index contributed by atoms with van der Waals surface area (Å²) in [7, 11) is 0. The van der Waals surface area contributed by atoms with Crippen LogP contribution in [-0.4, -0.2) is 0 Å². The monoisotopic (exact) mass is 722 g/mol. The molecule has 0 bridgehead atoms. The minimum absolute atomic E-state index is 0.440. The number of benzene rings is 6. The van der Waals surface area contributed by atoms with E-state index in [1.807, 2.05) is 0 Å². The fourth-order valence-electron chi connectivity index (χ4n) is 6.02. The van der Waals surface area contributed by atoms with Crippen LogP contribution in [0.3, 0.4) is 0 Å². The molecule has 0 aliphatic carbocycles. The zero-order valence-electron chi connectivity index (χ0n) is 23.0. The third kappa shape index (κ3) is 3.57. The van der Waals surface area contributed by atoms with Gasteiger partial charge in [0.05, 0.1) is 53.9 Å². The van der Waals surface area contributed by atoms with Gasteiger partial charge in [0.1, 0.15) is 34.9 Å². The van der Waals surface area contributed by atoms with E-state index >= 15 is 35.1 Å². The molecule has 0 radical (unpaired) electrons.